The molecule has 2 heterocycles. The van der Waals surface area contributed by atoms with E-state index in [0.717, 1.165) is 11.3 Å². The largest absolute Gasteiger partial charge is 0.444 e. The Morgan fingerprint density at radius 3 is 2.79 bits per heavy atom. The van der Waals surface area contributed by atoms with Crippen molar-refractivity contribution in [2.75, 3.05) is 0 Å². The lowest BCUT2D eigenvalue weighted by Gasteiger charge is -2.36. The van der Waals surface area contributed by atoms with Crippen LogP contribution in [0, 0.1) is 26.9 Å². The summed E-state index contributed by atoms with van der Waals surface area (Å²) in [5, 5.41) is 21.8. The van der Waals surface area contributed by atoms with Gasteiger partial charge in [0.2, 0.25) is 5.88 Å². The van der Waals surface area contributed by atoms with Gasteiger partial charge in [-0.3, -0.25) is 14.9 Å². The third kappa shape index (κ3) is 2.57. The molecule has 1 aromatic rings. The number of carbonyl (C=O) groups excluding carboxylic acids is 1. The summed E-state index contributed by atoms with van der Waals surface area (Å²) in [7, 11) is 0. The van der Waals surface area contributed by atoms with Crippen molar-refractivity contribution in [3.05, 3.63) is 49.2 Å². The fourth-order valence-corrected chi connectivity index (χ4v) is 4.13. The number of allylic oxidation sites excluding steroid dienone is 3. The molecule has 1 aliphatic carbocycles. The van der Waals surface area contributed by atoms with Crippen LogP contribution in [-0.2, 0) is 9.53 Å². The van der Waals surface area contributed by atoms with Crippen molar-refractivity contribution >= 4 is 22.8 Å². The van der Waals surface area contributed by atoms with E-state index in [0.29, 0.717) is 29.1 Å². The molecular weight excluding hydrogens is 330 g/mol. The number of thiophene rings is 1. The minimum absolute atomic E-state index is 0.0391. The number of ketones is 1. The lowest BCUT2D eigenvalue weighted by molar-refractivity contribution is -0.384. The molecule has 124 valence electrons. The lowest BCUT2D eigenvalue weighted by atomic mass is 9.71. The van der Waals surface area contributed by atoms with E-state index in [1.54, 1.807) is 0 Å². The van der Waals surface area contributed by atoms with Gasteiger partial charge in [-0.25, -0.2) is 0 Å². The van der Waals surface area contributed by atoms with E-state index in [-0.39, 0.29) is 28.3 Å². The van der Waals surface area contributed by atoms with Crippen molar-refractivity contribution in [1.29, 1.82) is 5.26 Å². The molecule has 1 atom stereocenters. The monoisotopic (exact) mass is 345 g/mol. The topological polar surface area (TPSA) is 119 Å². The summed E-state index contributed by atoms with van der Waals surface area (Å²) in [5.41, 5.74) is 6.08. The fraction of sp³-hybridized carbons (Fsp3) is 0.375. The molecule has 0 amide bonds. The molecule has 0 fully saturated rings. The molecule has 7 nitrogen and oxygen atoms in total. The SMILES string of the molecule is CC1(C)CC(=O)C2=C(C1)OC(N)=C(C#N)[C@@H]2c1cc([N+](=O)[O-])cs1. The highest BCUT2D eigenvalue weighted by Gasteiger charge is 2.43. The van der Waals surface area contributed by atoms with Crippen molar-refractivity contribution < 1.29 is 14.5 Å². The molecule has 0 saturated heterocycles. The smallest absolute Gasteiger partial charge is 0.280 e. The first-order valence-electron chi connectivity index (χ1n) is 7.30. The summed E-state index contributed by atoms with van der Waals surface area (Å²) in [6.45, 7) is 3.92. The van der Waals surface area contributed by atoms with Gasteiger partial charge in [-0.05, 0) is 5.41 Å². The van der Waals surface area contributed by atoms with Gasteiger partial charge >= 0.3 is 0 Å². The van der Waals surface area contributed by atoms with Gasteiger partial charge in [0.1, 0.15) is 17.4 Å². The second kappa shape index (κ2) is 5.46. The maximum absolute atomic E-state index is 12.7. The highest BCUT2D eigenvalue weighted by Crippen LogP contribution is 2.49. The predicted octanol–water partition coefficient (Wildman–Crippen LogP) is 3.11. The van der Waals surface area contributed by atoms with Gasteiger partial charge in [0.15, 0.2) is 5.78 Å². The van der Waals surface area contributed by atoms with Crippen molar-refractivity contribution in [3.63, 3.8) is 0 Å². The zero-order valence-electron chi connectivity index (χ0n) is 13.2. The van der Waals surface area contributed by atoms with E-state index in [4.69, 9.17) is 10.5 Å². The van der Waals surface area contributed by atoms with E-state index >= 15 is 0 Å². The van der Waals surface area contributed by atoms with E-state index in [1.807, 2.05) is 19.9 Å². The Morgan fingerprint density at radius 2 is 2.21 bits per heavy atom. The maximum Gasteiger partial charge on any atom is 0.280 e. The van der Waals surface area contributed by atoms with Crippen molar-refractivity contribution in [2.45, 2.75) is 32.6 Å². The van der Waals surface area contributed by atoms with Crippen LogP contribution in [0.3, 0.4) is 0 Å². The Labute approximate surface area is 142 Å². The second-order valence-corrected chi connectivity index (χ2v) is 7.61. The van der Waals surface area contributed by atoms with Crippen LogP contribution in [0.5, 0.6) is 0 Å². The van der Waals surface area contributed by atoms with Gasteiger partial charge < -0.3 is 10.5 Å². The standard InChI is InChI=1S/C16H15N3O4S/c1-16(2)4-10(20)14-11(5-16)23-15(18)9(6-17)13(14)12-3-8(7-24-12)19(21)22/h3,7,13H,4-5,18H2,1-2H3/t13-/m1/s1. The summed E-state index contributed by atoms with van der Waals surface area (Å²) < 4.78 is 5.57. The van der Waals surface area contributed by atoms with Crippen LogP contribution < -0.4 is 5.73 Å². The van der Waals surface area contributed by atoms with Crippen LogP contribution in [0.25, 0.3) is 0 Å². The first-order valence-corrected chi connectivity index (χ1v) is 8.18. The molecule has 1 aliphatic heterocycles. The number of nitrogens with two attached hydrogens (primary N) is 1. The number of ether oxygens (including phenoxy) is 1. The molecule has 0 spiro atoms. The van der Waals surface area contributed by atoms with Crippen LogP contribution in [0.1, 0.15) is 37.5 Å². The quantitative estimate of drug-likeness (QED) is 0.649. The zero-order valence-corrected chi connectivity index (χ0v) is 14.0. The van der Waals surface area contributed by atoms with Crippen LogP contribution in [0.2, 0.25) is 0 Å². The zero-order chi connectivity index (χ0) is 17.6. The number of rotatable bonds is 2. The van der Waals surface area contributed by atoms with Crippen LogP contribution in [0.4, 0.5) is 5.69 Å². The fourth-order valence-electron chi connectivity index (χ4n) is 3.16. The Balaban J connectivity index is 2.16. The first kappa shape index (κ1) is 16.2. The summed E-state index contributed by atoms with van der Waals surface area (Å²) in [6.07, 6.45) is 0.856. The molecule has 24 heavy (non-hydrogen) atoms. The van der Waals surface area contributed by atoms with Gasteiger partial charge in [0, 0.05) is 29.4 Å². The molecular formula is C16H15N3O4S. The average molecular weight is 345 g/mol. The Bertz CT molecular complexity index is 857. The number of nitrogens with zero attached hydrogens (tertiary/aromatic N) is 2. The molecule has 0 aromatic carbocycles. The third-order valence-corrected chi connectivity index (χ3v) is 5.16. The summed E-state index contributed by atoms with van der Waals surface area (Å²) in [4.78, 5) is 23.7. The highest BCUT2D eigenvalue weighted by atomic mass is 32.1. The minimum Gasteiger partial charge on any atom is -0.444 e. The second-order valence-electron chi connectivity index (χ2n) is 6.67. The summed E-state index contributed by atoms with van der Waals surface area (Å²) in [6, 6.07) is 3.39. The van der Waals surface area contributed by atoms with Crippen LogP contribution in [0.15, 0.2) is 34.2 Å². The molecule has 2 aliphatic rings. The average Bonchev–Trinajstić information content (AvgIpc) is 2.94. The van der Waals surface area contributed by atoms with Crippen molar-refractivity contribution in [3.8, 4) is 6.07 Å². The Kier molecular flexibility index (Phi) is 3.68. The van der Waals surface area contributed by atoms with E-state index < -0.39 is 10.8 Å². The first-order chi connectivity index (χ1) is 11.2. The summed E-state index contributed by atoms with van der Waals surface area (Å²) >= 11 is 1.14. The number of hydrogen-bond donors (Lipinski definition) is 1. The number of carbonyl (C=O) groups is 1. The number of Topliss-reactive ketones (excluding diaryl/α,β-unsaturated/α-hetero) is 1. The van der Waals surface area contributed by atoms with E-state index in [9.17, 15) is 20.2 Å². The number of hydrogen-bond acceptors (Lipinski definition) is 7. The van der Waals surface area contributed by atoms with Crippen LogP contribution in [-0.4, -0.2) is 10.7 Å². The normalized spacial score (nSPS) is 22.7. The van der Waals surface area contributed by atoms with Crippen molar-refractivity contribution in [2.24, 2.45) is 11.1 Å². The molecule has 0 saturated carbocycles. The molecule has 0 radical (unpaired) electrons. The maximum atomic E-state index is 12.7. The molecule has 3 rings (SSSR count). The molecule has 8 heteroatoms. The van der Waals surface area contributed by atoms with E-state index in [1.165, 1.54) is 11.4 Å². The molecule has 0 unspecified atom stereocenters. The van der Waals surface area contributed by atoms with Crippen molar-refractivity contribution in [1.82, 2.24) is 0 Å². The molecule has 2 N–H and O–H groups in total. The highest BCUT2D eigenvalue weighted by molar-refractivity contribution is 7.10. The summed E-state index contributed by atoms with van der Waals surface area (Å²) in [5.74, 6) is -0.375. The van der Waals surface area contributed by atoms with Gasteiger partial charge in [-0.1, -0.05) is 13.8 Å². The Hall–Kier alpha value is -2.66. The van der Waals surface area contributed by atoms with Gasteiger partial charge in [-0.15, -0.1) is 11.3 Å². The van der Waals surface area contributed by atoms with Gasteiger partial charge in [0.05, 0.1) is 16.2 Å². The van der Waals surface area contributed by atoms with Gasteiger partial charge in [-0.2, -0.15) is 5.26 Å². The third-order valence-electron chi connectivity index (χ3n) is 4.18. The van der Waals surface area contributed by atoms with Crippen LogP contribution >= 0.6 is 11.3 Å². The molecule has 1 aromatic heterocycles. The Morgan fingerprint density at radius 1 is 1.50 bits per heavy atom. The number of nitriles is 1. The predicted molar refractivity (Wildman–Crippen MR) is 86.7 cm³/mol. The number of nitro groups is 1. The van der Waals surface area contributed by atoms with E-state index in [2.05, 4.69) is 0 Å². The molecule has 0 bridgehead atoms. The lowest BCUT2D eigenvalue weighted by Crippen LogP contribution is -2.33. The minimum atomic E-state index is -0.693. The van der Waals surface area contributed by atoms with Gasteiger partial charge in [0.25, 0.3) is 5.69 Å².